The Hall–Kier alpha value is -1.18. The predicted molar refractivity (Wildman–Crippen MR) is 45.4 cm³/mol. The topological polar surface area (TPSA) is 15.3 Å². The third-order valence-electron chi connectivity index (χ3n) is 2.25. The van der Waals surface area contributed by atoms with E-state index >= 15 is 0 Å². The summed E-state index contributed by atoms with van der Waals surface area (Å²) in [6, 6.07) is 0. The molecule has 2 heteroatoms. The Balaban J connectivity index is 2.32. The van der Waals surface area contributed by atoms with Crippen molar-refractivity contribution in [2.24, 2.45) is 0 Å². The van der Waals surface area contributed by atoms with Crippen molar-refractivity contribution in [3.63, 3.8) is 0 Å². The van der Waals surface area contributed by atoms with Gasteiger partial charge in [0, 0.05) is 17.6 Å². The molecule has 0 saturated heterocycles. The number of fused-ring (bicyclic) bond motifs is 1. The molecular formula is C9H12N2. The summed E-state index contributed by atoms with van der Waals surface area (Å²) in [5.74, 6) is 0. The predicted octanol–water partition coefficient (Wildman–Crippen LogP) is 1.55. The quantitative estimate of drug-likeness (QED) is 0.560. The van der Waals surface area contributed by atoms with E-state index in [1.807, 2.05) is 0 Å². The third-order valence-corrected chi connectivity index (χ3v) is 2.25. The van der Waals surface area contributed by atoms with Gasteiger partial charge in [0.15, 0.2) is 0 Å². The second kappa shape index (κ2) is 2.16. The van der Waals surface area contributed by atoms with E-state index in [1.54, 1.807) is 0 Å². The number of nitrogens with one attached hydrogen (secondary N) is 1. The van der Waals surface area contributed by atoms with Crippen LogP contribution in [0.3, 0.4) is 0 Å². The minimum Gasteiger partial charge on any atom is -0.364 e. The van der Waals surface area contributed by atoms with Crippen molar-refractivity contribution in [2.75, 3.05) is 0 Å². The lowest BCUT2D eigenvalue weighted by Gasteiger charge is -2.23. The van der Waals surface area contributed by atoms with Crippen molar-refractivity contribution in [3.05, 3.63) is 35.8 Å². The maximum Gasteiger partial charge on any atom is 0.122 e. The zero-order valence-corrected chi connectivity index (χ0v) is 6.83. The van der Waals surface area contributed by atoms with E-state index in [2.05, 4.69) is 48.5 Å². The minimum absolute atomic E-state index is 0.361. The van der Waals surface area contributed by atoms with Crippen molar-refractivity contribution in [1.82, 2.24) is 10.2 Å². The summed E-state index contributed by atoms with van der Waals surface area (Å²) in [7, 11) is 0. The average Bonchev–Trinajstić information content (AvgIpc) is 2.30. The van der Waals surface area contributed by atoms with E-state index in [-0.39, 0.29) is 0 Å². The lowest BCUT2D eigenvalue weighted by atomic mass is 10.3. The third kappa shape index (κ3) is 0.862. The van der Waals surface area contributed by atoms with E-state index in [9.17, 15) is 0 Å². The smallest absolute Gasteiger partial charge is 0.122 e. The second-order valence-electron chi connectivity index (χ2n) is 2.93. The highest BCUT2D eigenvalue weighted by Crippen LogP contribution is 2.22. The number of hydrogen-bond donors (Lipinski definition) is 1. The largest absolute Gasteiger partial charge is 0.364 e. The summed E-state index contributed by atoms with van der Waals surface area (Å²) < 4.78 is 0. The van der Waals surface area contributed by atoms with Crippen LogP contribution in [0.2, 0.25) is 0 Å². The minimum atomic E-state index is 0.361. The Morgan fingerprint density at radius 1 is 1.36 bits per heavy atom. The van der Waals surface area contributed by atoms with E-state index < -0.39 is 0 Å². The van der Waals surface area contributed by atoms with Crippen LogP contribution in [0.4, 0.5) is 0 Å². The van der Waals surface area contributed by atoms with Crippen LogP contribution in [-0.4, -0.2) is 11.1 Å². The molecule has 0 bridgehead atoms. The van der Waals surface area contributed by atoms with Gasteiger partial charge in [0.05, 0.1) is 0 Å². The van der Waals surface area contributed by atoms with Gasteiger partial charge < -0.3 is 10.2 Å². The summed E-state index contributed by atoms with van der Waals surface area (Å²) in [6.45, 7) is 4.24. The number of rotatable bonds is 0. The lowest BCUT2D eigenvalue weighted by molar-refractivity contribution is 0.400. The van der Waals surface area contributed by atoms with Gasteiger partial charge in [-0.3, -0.25) is 0 Å². The van der Waals surface area contributed by atoms with Crippen LogP contribution in [-0.2, 0) is 0 Å². The fourth-order valence-corrected chi connectivity index (χ4v) is 1.46. The molecule has 0 fully saturated rings. The molecule has 0 saturated carbocycles. The summed E-state index contributed by atoms with van der Waals surface area (Å²) in [5, 5.41) is 3.37. The first-order chi connectivity index (χ1) is 5.29. The van der Waals surface area contributed by atoms with Crippen LogP contribution >= 0.6 is 0 Å². The van der Waals surface area contributed by atoms with Gasteiger partial charge >= 0.3 is 0 Å². The standard InChI is InChI=1S/C9H12N2/c1-7-8(2)11-6-4-3-5-9(11)10-7/h3-6,9-10H,1-2H3. The average molecular weight is 148 g/mol. The molecule has 0 radical (unpaired) electrons. The SMILES string of the molecule is CC1=C(C)N2C=CC=CC2N1. The Morgan fingerprint density at radius 2 is 2.18 bits per heavy atom. The molecule has 2 aliphatic rings. The number of nitrogens with zero attached hydrogens (tertiary/aromatic N) is 1. The molecule has 58 valence electrons. The highest BCUT2D eigenvalue weighted by Gasteiger charge is 2.23. The maximum absolute atomic E-state index is 3.37. The number of allylic oxidation sites excluding steroid dienone is 4. The van der Waals surface area contributed by atoms with E-state index in [0.29, 0.717) is 6.17 Å². The van der Waals surface area contributed by atoms with Crippen LogP contribution in [0, 0.1) is 0 Å². The molecule has 2 rings (SSSR count). The van der Waals surface area contributed by atoms with Crippen LogP contribution in [0.5, 0.6) is 0 Å². The molecule has 0 aromatic heterocycles. The summed E-state index contributed by atoms with van der Waals surface area (Å²) in [4.78, 5) is 2.23. The molecule has 0 amide bonds. The van der Waals surface area contributed by atoms with Crippen molar-refractivity contribution in [2.45, 2.75) is 20.0 Å². The van der Waals surface area contributed by atoms with Crippen LogP contribution in [0.25, 0.3) is 0 Å². The molecule has 0 aromatic carbocycles. The van der Waals surface area contributed by atoms with Crippen molar-refractivity contribution < 1.29 is 0 Å². The molecule has 1 atom stereocenters. The fourth-order valence-electron chi connectivity index (χ4n) is 1.46. The Bertz CT molecular complexity index is 261. The van der Waals surface area contributed by atoms with Crippen LogP contribution < -0.4 is 5.32 Å². The molecule has 0 aromatic rings. The van der Waals surface area contributed by atoms with Crippen molar-refractivity contribution in [3.8, 4) is 0 Å². The molecule has 0 spiro atoms. The van der Waals surface area contributed by atoms with E-state index in [1.165, 1.54) is 11.4 Å². The molecule has 11 heavy (non-hydrogen) atoms. The van der Waals surface area contributed by atoms with Gasteiger partial charge in [-0.05, 0) is 26.0 Å². The van der Waals surface area contributed by atoms with Crippen LogP contribution in [0.1, 0.15) is 13.8 Å². The van der Waals surface area contributed by atoms with E-state index in [0.717, 1.165) is 0 Å². The monoisotopic (exact) mass is 148 g/mol. The van der Waals surface area contributed by atoms with Gasteiger partial charge in [0.25, 0.3) is 0 Å². The van der Waals surface area contributed by atoms with E-state index in [4.69, 9.17) is 0 Å². The van der Waals surface area contributed by atoms with Gasteiger partial charge in [-0.1, -0.05) is 6.08 Å². The highest BCUT2D eigenvalue weighted by atomic mass is 15.3. The van der Waals surface area contributed by atoms with Gasteiger partial charge in [-0.2, -0.15) is 0 Å². The van der Waals surface area contributed by atoms with Gasteiger partial charge in [0.2, 0.25) is 0 Å². The second-order valence-corrected chi connectivity index (χ2v) is 2.93. The van der Waals surface area contributed by atoms with Crippen molar-refractivity contribution in [1.29, 1.82) is 0 Å². The maximum atomic E-state index is 3.37. The Kier molecular flexibility index (Phi) is 1.28. The Labute approximate surface area is 66.9 Å². The van der Waals surface area contributed by atoms with Gasteiger partial charge in [-0.25, -0.2) is 0 Å². The number of hydrogen-bond acceptors (Lipinski definition) is 2. The Morgan fingerprint density at radius 3 is 2.91 bits per heavy atom. The molecule has 1 N–H and O–H groups in total. The summed E-state index contributed by atoms with van der Waals surface area (Å²) in [5.41, 5.74) is 2.59. The molecule has 0 aliphatic carbocycles. The lowest BCUT2D eigenvalue weighted by Crippen LogP contribution is -2.32. The van der Waals surface area contributed by atoms with Crippen LogP contribution in [0.15, 0.2) is 35.8 Å². The zero-order chi connectivity index (χ0) is 7.84. The zero-order valence-electron chi connectivity index (χ0n) is 6.83. The first kappa shape index (κ1) is 6.53. The normalized spacial score (nSPS) is 27.5. The molecular weight excluding hydrogens is 136 g/mol. The summed E-state index contributed by atoms with van der Waals surface area (Å²) in [6.07, 6.45) is 8.74. The molecule has 2 heterocycles. The van der Waals surface area contributed by atoms with Crippen molar-refractivity contribution >= 4 is 0 Å². The molecule has 2 aliphatic heterocycles. The molecule has 2 nitrogen and oxygen atoms in total. The molecule has 1 unspecified atom stereocenters. The van der Waals surface area contributed by atoms with Gasteiger partial charge in [-0.15, -0.1) is 0 Å². The first-order valence-electron chi connectivity index (χ1n) is 3.86. The highest BCUT2D eigenvalue weighted by molar-refractivity contribution is 5.26. The van der Waals surface area contributed by atoms with Gasteiger partial charge in [0.1, 0.15) is 6.17 Å². The first-order valence-corrected chi connectivity index (χ1v) is 3.86. The fraction of sp³-hybridized carbons (Fsp3) is 0.333. The summed E-state index contributed by atoms with van der Waals surface area (Å²) >= 11 is 0.